The Morgan fingerprint density at radius 2 is 1.75 bits per heavy atom. The van der Waals surface area contributed by atoms with Crippen LogP contribution < -0.4 is 14.8 Å². The maximum Gasteiger partial charge on any atom is 0.123 e. The van der Waals surface area contributed by atoms with E-state index in [0.29, 0.717) is 19.1 Å². The summed E-state index contributed by atoms with van der Waals surface area (Å²) in [4.78, 5) is 0. The summed E-state index contributed by atoms with van der Waals surface area (Å²) in [6, 6.07) is 9.69. The Labute approximate surface area is 143 Å². The Hall–Kier alpha value is -1.98. The standard InChI is InChI=1S/C19H27NO4/c1-14(2)12-23-13-18(19-6-5-7-24-19)20-11-15-8-16(21-3)10-17(9-15)22-4/h5-10,14,18,20H,11-13H2,1-4H3. The molecule has 1 unspecified atom stereocenters. The first-order chi connectivity index (χ1) is 11.6. The first-order valence-electron chi connectivity index (χ1n) is 8.18. The summed E-state index contributed by atoms with van der Waals surface area (Å²) in [5.41, 5.74) is 1.08. The van der Waals surface area contributed by atoms with Gasteiger partial charge in [-0.2, -0.15) is 0 Å². The third-order valence-electron chi connectivity index (χ3n) is 3.59. The summed E-state index contributed by atoms with van der Waals surface area (Å²) < 4.78 is 22.0. The lowest BCUT2D eigenvalue weighted by Crippen LogP contribution is -2.25. The van der Waals surface area contributed by atoms with Crippen molar-refractivity contribution in [2.45, 2.75) is 26.4 Å². The molecule has 0 bridgehead atoms. The second-order valence-corrected chi connectivity index (χ2v) is 6.10. The smallest absolute Gasteiger partial charge is 0.123 e. The van der Waals surface area contributed by atoms with Crippen LogP contribution in [0.3, 0.4) is 0 Å². The van der Waals surface area contributed by atoms with Gasteiger partial charge in [0.15, 0.2) is 0 Å². The second kappa shape index (κ2) is 9.35. The van der Waals surface area contributed by atoms with Crippen LogP contribution in [0.1, 0.15) is 31.2 Å². The first-order valence-corrected chi connectivity index (χ1v) is 8.18. The van der Waals surface area contributed by atoms with Crippen LogP contribution in [0.2, 0.25) is 0 Å². The molecule has 1 aromatic heterocycles. The number of benzene rings is 1. The van der Waals surface area contributed by atoms with Crippen molar-refractivity contribution >= 4 is 0 Å². The Bertz CT molecular complexity index is 573. The highest BCUT2D eigenvalue weighted by atomic mass is 16.5. The summed E-state index contributed by atoms with van der Waals surface area (Å²) in [6.07, 6.45) is 1.68. The highest BCUT2D eigenvalue weighted by Gasteiger charge is 2.15. The van der Waals surface area contributed by atoms with Gasteiger partial charge in [-0.25, -0.2) is 0 Å². The molecule has 24 heavy (non-hydrogen) atoms. The Kier molecular flexibility index (Phi) is 7.15. The van der Waals surface area contributed by atoms with E-state index in [1.807, 2.05) is 30.3 Å². The number of hydrogen-bond acceptors (Lipinski definition) is 5. The molecule has 1 aromatic carbocycles. The maximum absolute atomic E-state index is 5.79. The fraction of sp³-hybridized carbons (Fsp3) is 0.474. The van der Waals surface area contributed by atoms with Gasteiger partial charge in [0.25, 0.3) is 0 Å². The summed E-state index contributed by atoms with van der Waals surface area (Å²) in [5, 5.41) is 3.48. The molecule has 0 radical (unpaired) electrons. The average molecular weight is 333 g/mol. The Morgan fingerprint density at radius 1 is 1.04 bits per heavy atom. The SMILES string of the molecule is COc1cc(CNC(COCC(C)C)c2ccco2)cc(OC)c1. The molecule has 1 N–H and O–H groups in total. The molecule has 5 heteroatoms. The molecule has 0 aliphatic heterocycles. The first kappa shape index (κ1) is 18.4. The number of furan rings is 1. The van der Waals surface area contributed by atoms with Gasteiger partial charge in [-0.1, -0.05) is 13.8 Å². The monoisotopic (exact) mass is 333 g/mol. The van der Waals surface area contributed by atoms with Crippen molar-refractivity contribution in [2.24, 2.45) is 5.92 Å². The predicted octanol–water partition coefficient (Wildman–Crippen LogP) is 3.80. The van der Waals surface area contributed by atoms with Gasteiger partial charge in [-0.05, 0) is 35.7 Å². The van der Waals surface area contributed by atoms with Gasteiger partial charge in [-0.15, -0.1) is 0 Å². The molecule has 132 valence electrons. The molecule has 0 amide bonds. The van der Waals surface area contributed by atoms with Crippen molar-refractivity contribution in [1.82, 2.24) is 5.32 Å². The summed E-state index contributed by atoms with van der Waals surface area (Å²) in [5.74, 6) is 2.92. The maximum atomic E-state index is 5.79. The fourth-order valence-electron chi connectivity index (χ4n) is 2.36. The molecule has 0 fully saturated rings. The highest BCUT2D eigenvalue weighted by Crippen LogP contribution is 2.23. The van der Waals surface area contributed by atoms with Gasteiger partial charge < -0.3 is 23.9 Å². The summed E-state index contributed by atoms with van der Waals surface area (Å²) in [6.45, 7) is 6.22. The third kappa shape index (κ3) is 5.58. The van der Waals surface area contributed by atoms with Gasteiger partial charge in [0.2, 0.25) is 0 Å². The number of nitrogens with one attached hydrogen (secondary N) is 1. The van der Waals surface area contributed by atoms with Crippen molar-refractivity contribution in [2.75, 3.05) is 27.4 Å². The predicted molar refractivity (Wildman–Crippen MR) is 93.5 cm³/mol. The molecule has 1 heterocycles. The van der Waals surface area contributed by atoms with Crippen LogP contribution in [0, 0.1) is 5.92 Å². The molecule has 0 aliphatic carbocycles. The van der Waals surface area contributed by atoms with E-state index in [2.05, 4.69) is 19.2 Å². The van der Waals surface area contributed by atoms with Crippen molar-refractivity contribution in [1.29, 1.82) is 0 Å². The van der Waals surface area contributed by atoms with E-state index in [0.717, 1.165) is 29.4 Å². The van der Waals surface area contributed by atoms with Crippen LogP contribution in [0.4, 0.5) is 0 Å². The molecule has 5 nitrogen and oxygen atoms in total. The largest absolute Gasteiger partial charge is 0.497 e. The van der Waals surface area contributed by atoms with Crippen LogP contribution >= 0.6 is 0 Å². The van der Waals surface area contributed by atoms with Crippen molar-refractivity contribution in [3.05, 3.63) is 47.9 Å². The molecule has 0 saturated carbocycles. The van der Waals surface area contributed by atoms with Gasteiger partial charge in [0, 0.05) is 19.2 Å². The molecule has 0 saturated heterocycles. The van der Waals surface area contributed by atoms with E-state index in [-0.39, 0.29) is 6.04 Å². The van der Waals surface area contributed by atoms with Gasteiger partial charge in [0.1, 0.15) is 17.3 Å². The van der Waals surface area contributed by atoms with E-state index >= 15 is 0 Å². The minimum absolute atomic E-state index is 0.00375. The zero-order valence-electron chi connectivity index (χ0n) is 14.9. The molecule has 2 aromatic rings. The number of ether oxygens (including phenoxy) is 3. The molecular formula is C19H27NO4. The lowest BCUT2D eigenvalue weighted by Gasteiger charge is -2.18. The second-order valence-electron chi connectivity index (χ2n) is 6.10. The summed E-state index contributed by atoms with van der Waals surface area (Å²) in [7, 11) is 3.30. The van der Waals surface area contributed by atoms with E-state index in [1.165, 1.54) is 0 Å². The molecular weight excluding hydrogens is 306 g/mol. The third-order valence-corrected chi connectivity index (χ3v) is 3.59. The molecule has 1 atom stereocenters. The molecule has 2 rings (SSSR count). The van der Waals surface area contributed by atoms with E-state index in [1.54, 1.807) is 20.5 Å². The molecule has 0 spiro atoms. The minimum Gasteiger partial charge on any atom is -0.497 e. The quantitative estimate of drug-likeness (QED) is 0.717. The Morgan fingerprint density at radius 3 is 2.29 bits per heavy atom. The van der Waals surface area contributed by atoms with Crippen molar-refractivity contribution in [3.8, 4) is 11.5 Å². The van der Waals surface area contributed by atoms with Gasteiger partial charge >= 0.3 is 0 Å². The van der Waals surface area contributed by atoms with Crippen LogP contribution in [-0.4, -0.2) is 27.4 Å². The normalized spacial score (nSPS) is 12.4. The Balaban J connectivity index is 2.01. The van der Waals surface area contributed by atoms with Gasteiger partial charge in [0.05, 0.1) is 33.1 Å². The van der Waals surface area contributed by atoms with Crippen LogP contribution in [0.5, 0.6) is 11.5 Å². The topological polar surface area (TPSA) is 52.9 Å². The number of hydrogen-bond donors (Lipinski definition) is 1. The van der Waals surface area contributed by atoms with Crippen LogP contribution in [-0.2, 0) is 11.3 Å². The van der Waals surface area contributed by atoms with E-state index in [4.69, 9.17) is 18.6 Å². The van der Waals surface area contributed by atoms with Crippen LogP contribution in [0.15, 0.2) is 41.0 Å². The lowest BCUT2D eigenvalue weighted by molar-refractivity contribution is 0.0844. The molecule has 0 aliphatic rings. The van der Waals surface area contributed by atoms with Crippen molar-refractivity contribution < 1.29 is 18.6 Å². The number of rotatable bonds is 10. The minimum atomic E-state index is -0.00375. The van der Waals surface area contributed by atoms with E-state index < -0.39 is 0 Å². The van der Waals surface area contributed by atoms with E-state index in [9.17, 15) is 0 Å². The van der Waals surface area contributed by atoms with Gasteiger partial charge in [-0.3, -0.25) is 0 Å². The highest BCUT2D eigenvalue weighted by molar-refractivity contribution is 5.38. The fourth-order valence-corrected chi connectivity index (χ4v) is 2.36. The summed E-state index contributed by atoms with van der Waals surface area (Å²) >= 11 is 0. The zero-order chi connectivity index (χ0) is 17.4. The van der Waals surface area contributed by atoms with Crippen LogP contribution in [0.25, 0.3) is 0 Å². The average Bonchev–Trinajstić information content (AvgIpc) is 3.11. The zero-order valence-corrected chi connectivity index (χ0v) is 14.9. The lowest BCUT2D eigenvalue weighted by atomic mass is 10.1. The number of methoxy groups -OCH3 is 2. The van der Waals surface area contributed by atoms with Crippen molar-refractivity contribution in [3.63, 3.8) is 0 Å².